The summed E-state index contributed by atoms with van der Waals surface area (Å²) in [5.74, 6) is 2.55. The summed E-state index contributed by atoms with van der Waals surface area (Å²) in [5, 5.41) is 3.28. The second-order valence-electron chi connectivity index (χ2n) is 4.64. The van der Waals surface area contributed by atoms with Crippen LogP contribution >= 0.6 is 11.8 Å². The van der Waals surface area contributed by atoms with E-state index in [2.05, 4.69) is 26.5 Å². The number of aryl methyl sites for hydroxylation is 1. The van der Waals surface area contributed by atoms with Gasteiger partial charge in [-0.25, -0.2) is 9.97 Å². The molecule has 5 nitrogen and oxygen atoms in total. The van der Waals surface area contributed by atoms with Crippen molar-refractivity contribution in [3.8, 4) is 11.4 Å². The summed E-state index contributed by atoms with van der Waals surface area (Å²) in [4.78, 5) is 23.1. The monoisotopic (exact) mass is 304 g/mol. The zero-order chi connectivity index (χ0) is 15.1. The van der Waals surface area contributed by atoms with Gasteiger partial charge in [0.05, 0.1) is 0 Å². The molecule has 0 saturated carbocycles. The molecule has 2 aromatic rings. The average molecular weight is 304 g/mol. The smallest absolute Gasteiger partial charge is 0.251 e. The van der Waals surface area contributed by atoms with Gasteiger partial charge in [0.25, 0.3) is 5.56 Å². The largest absolute Gasteiger partial charge is 0.370 e. The van der Waals surface area contributed by atoms with Crippen LogP contribution in [0.5, 0.6) is 0 Å². The van der Waals surface area contributed by atoms with Crippen LogP contribution in [0.25, 0.3) is 11.4 Å². The first-order valence-corrected chi connectivity index (χ1v) is 8.41. The Kier molecular flexibility index (Phi) is 5.80. The molecule has 0 aliphatic rings. The van der Waals surface area contributed by atoms with Crippen LogP contribution in [0.2, 0.25) is 0 Å². The van der Waals surface area contributed by atoms with Gasteiger partial charge in [-0.2, -0.15) is 11.8 Å². The predicted molar refractivity (Wildman–Crippen MR) is 89.0 cm³/mol. The number of rotatable bonds is 7. The van der Waals surface area contributed by atoms with Crippen LogP contribution in [0, 0.1) is 0 Å². The Hall–Kier alpha value is -1.82. The molecule has 2 heterocycles. The highest BCUT2D eigenvalue weighted by Gasteiger charge is 2.04. The minimum atomic E-state index is -0.129. The van der Waals surface area contributed by atoms with Gasteiger partial charge >= 0.3 is 0 Å². The van der Waals surface area contributed by atoms with Crippen molar-refractivity contribution in [3.63, 3.8) is 0 Å². The van der Waals surface area contributed by atoms with Gasteiger partial charge in [-0.3, -0.25) is 4.79 Å². The van der Waals surface area contributed by atoms with E-state index in [4.69, 9.17) is 0 Å². The van der Waals surface area contributed by atoms with Crippen molar-refractivity contribution in [2.45, 2.75) is 19.8 Å². The van der Waals surface area contributed by atoms with Crippen LogP contribution in [0.4, 0.5) is 5.82 Å². The summed E-state index contributed by atoms with van der Waals surface area (Å²) in [6.07, 6.45) is 5.68. The SMILES string of the molecule is CCc1cc(=O)[nH]c(-c2ccc(NCCCSC)nc2)n1. The third-order valence-corrected chi connectivity index (χ3v) is 3.72. The zero-order valence-corrected chi connectivity index (χ0v) is 13.2. The van der Waals surface area contributed by atoms with Crippen LogP contribution in [0.3, 0.4) is 0 Å². The number of hydrogen-bond donors (Lipinski definition) is 2. The molecule has 2 aromatic heterocycles. The molecule has 112 valence electrons. The third kappa shape index (κ3) is 4.60. The van der Waals surface area contributed by atoms with E-state index in [-0.39, 0.29) is 5.56 Å². The van der Waals surface area contributed by atoms with Crippen molar-refractivity contribution in [1.29, 1.82) is 0 Å². The standard InChI is InChI=1S/C15H20N4OS/c1-3-12-9-14(20)19-15(18-12)11-5-6-13(17-10-11)16-7-4-8-21-2/h5-6,9-10H,3-4,7-8H2,1-2H3,(H,16,17)(H,18,19,20). The van der Waals surface area contributed by atoms with E-state index in [0.29, 0.717) is 5.82 Å². The lowest BCUT2D eigenvalue weighted by Crippen LogP contribution is -2.10. The van der Waals surface area contributed by atoms with E-state index in [1.807, 2.05) is 30.8 Å². The molecule has 0 aromatic carbocycles. The molecule has 0 saturated heterocycles. The summed E-state index contributed by atoms with van der Waals surface area (Å²) in [5.41, 5.74) is 1.47. The molecule has 0 unspecified atom stereocenters. The summed E-state index contributed by atoms with van der Waals surface area (Å²) in [7, 11) is 0. The number of nitrogens with one attached hydrogen (secondary N) is 2. The van der Waals surface area contributed by atoms with E-state index in [9.17, 15) is 4.79 Å². The summed E-state index contributed by atoms with van der Waals surface area (Å²) >= 11 is 1.84. The summed E-state index contributed by atoms with van der Waals surface area (Å²) < 4.78 is 0. The van der Waals surface area contributed by atoms with Gasteiger partial charge < -0.3 is 10.3 Å². The molecule has 0 aliphatic heterocycles. The molecular weight excluding hydrogens is 284 g/mol. The second kappa shape index (κ2) is 7.83. The van der Waals surface area contributed by atoms with Gasteiger partial charge in [0.2, 0.25) is 0 Å². The summed E-state index contributed by atoms with van der Waals surface area (Å²) in [6.45, 7) is 2.89. The molecule has 0 atom stereocenters. The Morgan fingerprint density at radius 2 is 2.24 bits per heavy atom. The van der Waals surface area contributed by atoms with Crippen LogP contribution in [0.15, 0.2) is 29.2 Å². The number of nitrogens with zero attached hydrogens (tertiary/aromatic N) is 2. The highest BCUT2D eigenvalue weighted by molar-refractivity contribution is 7.98. The number of hydrogen-bond acceptors (Lipinski definition) is 5. The lowest BCUT2D eigenvalue weighted by Gasteiger charge is -2.06. The zero-order valence-electron chi connectivity index (χ0n) is 12.3. The number of aromatic amines is 1. The quantitative estimate of drug-likeness (QED) is 0.769. The number of pyridine rings is 1. The van der Waals surface area contributed by atoms with Crippen molar-refractivity contribution in [2.24, 2.45) is 0 Å². The molecule has 0 spiro atoms. The molecule has 21 heavy (non-hydrogen) atoms. The first kappa shape index (κ1) is 15.6. The lowest BCUT2D eigenvalue weighted by atomic mass is 10.2. The van der Waals surface area contributed by atoms with E-state index < -0.39 is 0 Å². The molecule has 0 bridgehead atoms. The first-order valence-electron chi connectivity index (χ1n) is 7.02. The van der Waals surface area contributed by atoms with Gasteiger partial charge in [-0.15, -0.1) is 0 Å². The van der Waals surface area contributed by atoms with Crippen molar-refractivity contribution in [2.75, 3.05) is 23.9 Å². The fourth-order valence-electron chi connectivity index (χ4n) is 1.90. The van der Waals surface area contributed by atoms with Crippen LogP contribution < -0.4 is 10.9 Å². The number of thioether (sulfide) groups is 1. The van der Waals surface area contributed by atoms with Crippen molar-refractivity contribution >= 4 is 17.6 Å². The highest BCUT2D eigenvalue weighted by Crippen LogP contribution is 2.14. The maximum atomic E-state index is 11.6. The maximum absolute atomic E-state index is 11.6. The van der Waals surface area contributed by atoms with Gasteiger partial charge in [0.1, 0.15) is 11.6 Å². The van der Waals surface area contributed by atoms with Crippen LogP contribution in [-0.4, -0.2) is 33.5 Å². The molecule has 0 amide bonds. The topological polar surface area (TPSA) is 70.7 Å². The van der Waals surface area contributed by atoms with Gasteiger partial charge in [-0.1, -0.05) is 6.92 Å². The fourth-order valence-corrected chi connectivity index (χ4v) is 2.33. The van der Waals surface area contributed by atoms with Crippen molar-refractivity contribution in [1.82, 2.24) is 15.0 Å². The third-order valence-electron chi connectivity index (χ3n) is 3.03. The highest BCUT2D eigenvalue weighted by atomic mass is 32.2. The van der Waals surface area contributed by atoms with E-state index in [1.165, 1.54) is 6.07 Å². The lowest BCUT2D eigenvalue weighted by molar-refractivity contribution is 0.977. The normalized spacial score (nSPS) is 10.6. The molecule has 0 fully saturated rings. The first-order chi connectivity index (χ1) is 10.2. The minimum Gasteiger partial charge on any atom is -0.370 e. The Bertz CT molecular complexity index is 624. The Morgan fingerprint density at radius 3 is 2.90 bits per heavy atom. The van der Waals surface area contributed by atoms with Crippen LogP contribution in [-0.2, 0) is 6.42 Å². The minimum absolute atomic E-state index is 0.129. The Balaban J connectivity index is 2.08. The molecule has 0 aliphatic carbocycles. The van der Waals surface area contributed by atoms with Crippen molar-refractivity contribution in [3.05, 3.63) is 40.4 Å². The number of anilines is 1. The van der Waals surface area contributed by atoms with Gasteiger partial charge in [0.15, 0.2) is 0 Å². The van der Waals surface area contributed by atoms with Crippen LogP contribution in [0.1, 0.15) is 19.0 Å². The van der Waals surface area contributed by atoms with E-state index >= 15 is 0 Å². The Morgan fingerprint density at radius 1 is 1.38 bits per heavy atom. The predicted octanol–water partition coefficient (Wildman–Crippen LogP) is 2.56. The van der Waals surface area contributed by atoms with Gasteiger partial charge in [-0.05, 0) is 37.0 Å². The average Bonchev–Trinajstić information content (AvgIpc) is 2.51. The maximum Gasteiger partial charge on any atom is 0.251 e. The Labute approximate surface area is 128 Å². The molecule has 6 heteroatoms. The second-order valence-corrected chi connectivity index (χ2v) is 5.63. The summed E-state index contributed by atoms with van der Waals surface area (Å²) in [6, 6.07) is 5.35. The molecule has 2 rings (SSSR count). The van der Waals surface area contributed by atoms with E-state index in [0.717, 1.165) is 42.2 Å². The molecular formula is C15H20N4OS. The molecule has 0 radical (unpaired) electrons. The fraction of sp³-hybridized carbons (Fsp3) is 0.400. The van der Waals surface area contributed by atoms with Gasteiger partial charge in [0, 0.05) is 30.1 Å². The number of H-pyrrole nitrogens is 1. The van der Waals surface area contributed by atoms with E-state index in [1.54, 1.807) is 6.20 Å². The molecule has 2 N–H and O–H groups in total. The number of aromatic nitrogens is 3. The van der Waals surface area contributed by atoms with Crippen molar-refractivity contribution < 1.29 is 0 Å².